The molecule has 0 radical (unpaired) electrons. The summed E-state index contributed by atoms with van der Waals surface area (Å²) in [5, 5.41) is 17.8. The lowest BCUT2D eigenvalue weighted by Crippen LogP contribution is -2.18. The van der Waals surface area contributed by atoms with Crippen molar-refractivity contribution in [2.24, 2.45) is 0 Å². The summed E-state index contributed by atoms with van der Waals surface area (Å²) in [5.41, 5.74) is -0.519. The molecule has 0 bridgehead atoms. The first-order valence-electron chi connectivity index (χ1n) is 4.01. The van der Waals surface area contributed by atoms with Crippen molar-refractivity contribution in [3.05, 3.63) is 17.3 Å². The van der Waals surface area contributed by atoms with Crippen LogP contribution in [0.1, 0.15) is 11.3 Å². The molecule has 1 aromatic heterocycles. The number of aromatic hydroxyl groups is 1. The van der Waals surface area contributed by atoms with Crippen LogP contribution < -0.4 is 4.74 Å². The second kappa shape index (κ2) is 4.52. The van der Waals surface area contributed by atoms with Gasteiger partial charge in [-0.2, -0.15) is 0 Å². The third-order valence-corrected chi connectivity index (χ3v) is 1.64. The number of aliphatic hydroxyl groups is 1. The average molecular weight is 241 g/mol. The summed E-state index contributed by atoms with van der Waals surface area (Å²) in [6, 6.07) is 0.722. The van der Waals surface area contributed by atoms with Gasteiger partial charge in [-0.25, -0.2) is 9.37 Å². The molecular formula is C8H7F4NO3. The first kappa shape index (κ1) is 12.5. The highest BCUT2D eigenvalue weighted by Crippen LogP contribution is 2.31. The van der Waals surface area contributed by atoms with Gasteiger partial charge in [-0.3, -0.25) is 0 Å². The van der Waals surface area contributed by atoms with Crippen LogP contribution in [-0.4, -0.2) is 21.6 Å². The Morgan fingerprint density at radius 2 is 2.00 bits per heavy atom. The Morgan fingerprint density at radius 3 is 2.44 bits per heavy atom. The van der Waals surface area contributed by atoms with E-state index in [9.17, 15) is 17.6 Å². The van der Waals surface area contributed by atoms with Gasteiger partial charge in [-0.1, -0.05) is 0 Å². The van der Waals surface area contributed by atoms with Crippen LogP contribution in [0.15, 0.2) is 6.07 Å². The van der Waals surface area contributed by atoms with Crippen LogP contribution in [-0.2, 0) is 13.3 Å². The van der Waals surface area contributed by atoms with Crippen LogP contribution in [0, 0.1) is 0 Å². The van der Waals surface area contributed by atoms with E-state index in [2.05, 4.69) is 9.72 Å². The summed E-state index contributed by atoms with van der Waals surface area (Å²) >= 11 is 0. The monoisotopic (exact) mass is 241 g/mol. The minimum Gasteiger partial charge on any atom is -0.503 e. The van der Waals surface area contributed by atoms with E-state index in [1.165, 1.54) is 0 Å². The molecule has 1 aromatic rings. The first-order chi connectivity index (χ1) is 7.37. The molecule has 1 rings (SSSR count). The van der Waals surface area contributed by atoms with E-state index in [1.54, 1.807) is 0 Å². The lowest BCUT2D eigenvalue weighted by Gasteiger charge is -2.11. The van der Waals surface area contributed by atoms with Crippen LogP contribution in [0.3, 0.4) is 0 Å². The van der Waals surface area contributed by atoms with E-state index in [4.69, 9.17) is 10.2 Å². The summed E-state index contributed by atoms with van der Waals surface area (Å²) in [5.74, 6) is -2.06. The van der Waals surface area contributed by atoms with Crippen molar-refractivity contribution in [2.45, 2.75) is 19.6 Å². The minimum absolute atomic E-state index is 0.200. The Labute approximate surface area is 87.1 Å². The summed E-state index contributed by atoms with van der Waals surface area (Å²) in [7, 11) is 0. The Bertz CT molecular complexity index is 380. The highest BCUT2D eigenvalue weighted by Gasteiger charge is 2.33. The maximum Gasteiger partial charge on any atom is 0.574 e. The fraction of sp³-hybridized carbons (Fsp3) is 0.375. The molecule has 0 atom stereocenters. The highest BCUT2D eigenvalue weighted by molar-refractivity contribution is 5.38. The zero-order valence-electron chi connectivity index (χ0n) is 7.75. The van der Waals surface area contributed by atoms with Crippen LogP contribution >= 0.6 is 0 Å². The second-order valence-corrected chi connectivity index (χ2v) is 2.76. The van der Waals surface area contributed by atoms with Crippen LogP contribution in [0.4, 0.5) is 17.6 Å². The molecule has 0 aromatic carbocycles. The number of alkyl halides is 4. The molecule has 1 heterocycles. The minimum atomic E-state index is -5.02. The van der Waals surface area contributed by atoms with Crippen molar-refractivity contribution >= 4 is 0 Å². The number of aliphatic hydroxyl groups excluding tert-OH is 1. The Kier molecular flexibility index (Phi) is 3.53. The van der Waals surface area contributed by atoms with E-state index < -0.39 is 31.3 Å². The maximum absolute atomic E-state index is 12.3. The van der Waals surface area contributed by atoms with Gasteiger partial charge >= 0.3 is 6.36 Å². The third-order valence-electron chi connectivity index (χ3n) is 1.64. The van der Waals surface area contributed by atoms with Crippen molar-refractivity contribution < 1.29 is 32.5 Å². The molecule has 0 amide bonds. The normalized spacial score (nSPS) is 11.6. The van der Waals surface area contributed by atoms with Gasteiger partial charge in [0, 0.05) is 5.56 Å². The predicted molar refractivity (Wildman–Crippen MR) is 43.3 cm³/mol. The van der Waals surface area contributed by atoms with Crippen LogP contribution in [0.2, 0.25) is 0 Å². The van der Waals surface area contributed by atoms with Gasteiger partial charge in [0.05, 0.1) is 12.3 Å². The molecule has 0 saturated heterocycles. The van der Waals surface area contributed by atoms with E-state index in [0.717, 1.165) is 6.07 Å². The Hall–Kier alpha value is -1.57. The topological polar surface area (TPSA) is 62.6 Å². The number of nitrogens with zero attached hydrogens (tertiary/aromatic N) is 1. The lowest BCUT2D eigenvalue weighted by atomic mass is 10.2. The average Bonchev–Trinajstić information content (AvgIpc) is 2.18. The number of ether oxygens (including phenoxy) is 1. The third kappa shape index (κ3) is 2.96. The van der Waals surface area contributed by atoms with Crippen molar-refractivity contribution in [3.63, 3.8) is 0 Å². The molecule has 2 N–H and O–H groups in total. The summed E-state index contributed by atoms with van der Waals surface area (Å²) in [6.45, 7) is -1.82. The van der Waals surface area contributed by atoms with Crippen LogP contribution in [0.25, 0.3) is 0 Å². The van der Waals surface area contributed by atoms with Gasteiger partial charge in [0.1, 0.15) is 6.67 Å². The largest absolute Gasteiger partial charge is 0.574 e. The van der Waals surface area contributed by atoms with Crippen molar-refractivity contribution in [2.75, 3.05) is 0 Å². The number of halogens is 4. The molecular weight excluding hydrogens is 234 g/mol. The fourth-order valence-electron chi connectivity index (χ4n) is 0.999. The molecule has 4 nitrogen and oxygen atoms in total. The number of rotatable bonds is 3. The van der Waals surface area contributed by atoms with Gasteiger partial charge in [-0.15, -0.1) is 13.2 Å². The van der Waals surface area contributed by atoms with E-state index in [0.29, 0.717) is 0 Å². The Morgan fingerprint density at radius 1 is 1.38 bits per heavy atom. The van der Waals surface area contributed by atoms with Gasteiger partial charge in [-0.05, 0) is 6.07 Å². The van der Waals surface area contributed by atoms with E-state index >= 15 is 0 Å². The lowest BCUT2D eigenvalue weighted by molar-refractivity contribution is -0.276. The zero-order valence-corrected chi connectivity index (χ0v) is 7.75. The molecule has 16 heavy (non-hydrogen) atoms. The zero-order chi connectivity index (χ0) is 12.3. The molecule has 0 aliphatic heterocycles. The molecule has 90 valence electrons. The number of aromatic nitrogens is 1. The van der Waals surface area contributed by atoms with Crippen molar-refractivity contribution in [1.29, 1.82) is 0 Å². The van der Waals surface area contributed by atoms with Crippen molar-refractivity contribution in [1.82, 2.24) is 4.98 Å². The molecule has 0 fully saturated rings. The second-order valence-electron chi connectivity index (χ2n) is 2.76. The van der Waals surface area contributed by atoms with Gasteiger partial charge in [0.2, 0.25) is 0 Å². The molecule has 0 aliphatic rings. The van der Waals surface area contributed by atoms with E-state index in [1.807, 2.05) is 0 Å². The molecule has 8 heteroatoms. The molecule has 0 aliphatic carbocycles. The smallest absolute Gasteiger partial charge is 0.503 e. The number of pyridine rings is 1. The summed E-state index contributed by atoms with van der Waals surface area (Å²) < 4.78 is 51.2. The quantitative estimate of drug-likeness (QED) is 0.790. The number of hydrogen-bond acceptors (Lipinski definition) is 4. The van der Waals surface area contributed by atoms with Crippen LogP contribution in [0.5, 0.6) is 11.6 Å². The van der Waals surface area contributed by atoms with Crippen molar-refractivity contribution in [3.8, 4) is 11.6 Å². The highest BCUT2D eigenvalue weighted by atomic mass is 19.4. The summed E-state index contributed by atoms with van der Waals surface area (Å²) in [4.78, 5) is 3.16. The van der Waals surface area contributed by atoms with Gasteiger partial charge in [0.15, 0.2) is 5.75 Å². The predicted octanol–water partition coefficient (Wildman–Crippen LogP) is 1.65. The SMILES string of the molecule is OCc1nc(OC(F)(F)F)c(O)cc1CF. The first-order valence-corrected chi connectivity index (χ1v) is 4.01. The molecule has 0 unspecified atom stereocenters. The fourth-order valence-corrected chi connectivity index (χ4v) is 0.999. The maximum atomic E-state index is 12.3. The van der Waals surface area contributed by atoms with Gasteiger partial charge < -0.3 is 14.9 Å². The Balaban J connectivity index is 3.11. The molecule has 0 spiro atoms. The van der Waals surface area contributed by atoms with E-state index in [-0.39, 0.29) is 11.3 Å². The van der Waals surface area contributed by atoms with Gasteiger partial charge in [0.25, 0.3) is 5.88 Å². The number of hydrogen-bond donors (Lipinski definition) is 2. The molecule has 0 saturated carbocycles. The summed E-state index contributed by atoms with van der Waals surface area (Å²) in [6.07, 6.45) is -5.02. The standard InChI is InChI=1S/C8H7F4NO3/c9-2-4-1-6(15)7(13-5(4)3-14)16-8(10,11)12/h1,14-15H,2-3H2.